The molecule has 0 aromatic heterocycles. The monoisotopic (exact) mass is 221 g/mol. The van der Waals surface area contributed by atoms with Crippen molar-refractivity contribution in [3.05, 3.63) is 0 Å². The average Bonchev–Trinajstić information content (AvgIpc) is 2.17. The molecule has 5 heteroatoms. The molecule has 0 amide bonds. The Labute approximate surface area is 87.9 Å². The van der Waals surface area contributed by atoms with E-state index >= 15 is 0 Å². The molecule has 0 aromatic rings. The summed E-state index contributed by atoms with van der Waals surface area (Å²) in [6.07, 6.45) is 6.52. The summed E-state index contributed by atoms with van der Waals surface area (Å²) >= 11 is -2.16. The third kappa shape index (κ3) is 4.50. The second-order valence-corrected chi connectivity index (χ2v) is 4.34. The second kappa shape index (κ2) is 6.50. The molecule has 0 spiro atoms. The minimum atomic E-state index is -2.16. The molecule has 0 aliphatic heterocycles. The molecule has 1 saturated carbocycles. The van der Waals surface area contributed by atoms with Crippen molar-refractivity contribution in [2.75, 3.05) is 0 Å². The predicted octanol–water partition coefficient (Wildman–Crippen LogP) is 1.80. The summed E-state index contributed by atoms with van der Waals surface area (Å²) in [6, 6.07) is 0.456. The maximum absolute atomic E-state index is 10.5. The van der Waals surface area contributed by atoms with Crippen LogP contribution in [0.25, 0.3) is 0 Å². The van der Waals surface area contributed by atoms with E-state index in [0.717, 1.165) is 12.8 Å². The van der Waals surface area contributed by atoms with E-state index in [0.29, 0.717) is 12.5 Å². The lowest BCUT2D eigenvalue weighted by Crippen LogP contribution is -2.40. The summed E-state index contributed by atoms with van der Waals surface area (Å²) in [5.41, 5.74) is 0. The Hall–Kier alpha value is 0.0300. The maximum atomic E-state index is 10.5. The molecule has 1 aliphatic rings. The highest BCUT2D eigenvalue weighted by Crippen LogP contribution is 2.18. The van der Waals surface area contributed by atoms with Crippen LogP contribution >= 0.6 is 0 Å². The number of hydrogen-bond donors (Lipinski definition) is 2. The van der Waals surface area contributed by atoms with Crippen molar-refractivity contribution in [1.82, 2.24) is 5.32 Å². The van der Waals surface area contributed by atoms with Crippen molar-refractivity contribution in [3.63, 3.8) is 0 Å². The van der Waals surface area contributed by atoms with Crippen molar-refractivity contribution < 1.29 is 12.9 Å². The topological polar surface area (TPSA) is 58.6 Å². The van der Waals surface area contributed by atoms with Gasteiger partial charge in [-0.05, 0) is 19.3 Å². The zero-order valence-electron chi connectivity index (χ0n) is 8.57. The lowest BCUT2D eigenvalue weighted by Gasteiger charge is -2.26. The fourth-order valence-corrected chi connectivity index (χ4v) is 2.24. The van der Waals surface area contributed by atoms with Crippen molar-refractivity contribution in [2.24, 2.45) is 0 Å². The quantitative estimate of drug-likeness (QED) is 0.549. The van der Waals surface area contributed by atoms with E-state index in [-0.39, 0.29) is 6.23 Å². The molecule has 14 heavy (non-hydrogen) atoms. The van der Waals surface area contributed by atoms with Crippen LogP contribution in [0.5, 0.6) is 0 Å². The van der Waals surface area contributed by atoms with Crippen molar-refractivity contribution in [1.29, 1.82) is 0 Å². The van der Waals surface area contributed by atoms with Gasteiger partial charge in [0.1, 0.15) is 6.23 Å². The first kappa shape index (κ1) is 12.1. The zero-order valence-corrected chi connectivity index (χ0v) is 9.39. The summed E-state index contributed by atoms with van der Waals surface area (Å²) in [5, 5.41) is 3.26. The number of rotatable bonds is 5. The Bertz CT molecular complexity index is 183. The normalized spacial score (nSPS) is 23.3. The van der Waals surface area contributed by atoms with Gasteiger partial charge in [0.2, 0.25) is 0 Å². The second-order valence-electron chi connectivity index (χ2n) is 3.71. The molecule has 2 unspecified atom stereocenters. The minimum absolute atomic E-state index is 0.288. The van der Waals surface area contributed by atoms with E-state index in [1.54, 1.807) is 0 Å². The lowest BCUT2D eigenvalue weighted by molar-refractivity contribution is 0.137. The van der Waals surface area contributed by atoms with Gasteiger partial charge in [0, 0.05) is 6.04 Å². The van der Waals surface area contributed by atoms with Gasteiger partial charge in [-0.2, -0.15) is 4.21 Å². The van der Waals surface area contributed by atoms with E-state index in [1.165, 1.54) is 19.3 Å². The van der Waals surface area contributed by atoms with Crippen LogP contribution in [0, 0.1) is 0 Å². The minimum Gasteiger partial charge on any atom is -0.288 e. The SMILES string of the molecule is CCC(NC1CCCCC1)OS(=O)O. The fourth-order valence-electron chi connectivity index (χ4n) is 1.85. The number of hydrogen-bond acceptors (Lipinski definition) is 3. The van der Waals surface area contributed by atoms with Gasteiger partial charge in [-0.1, -0.05) is 26.2 Å². The van der Waals surface area contributed by atoms with Crippen molar-refractivity contribution >= 4 is 11.4 Å². The Kier molecular flexibility index (Phi) is 5.62. The van der Waals surface area contributed by atoms with Crippen LogP contribution in [0.2, 0.25) is 0 Å². The van der Waals surface area contributed by atoms with Crippen LogP contribution in [0.4, 0.5) is 0 Å². The van der Waals surface area contributed by atoms with Crippen LogP contribution in [0.3, 0.4) is 0 Å². The van der Waals surface area contributed by atoms with Gasteiger partial charge in [-0.15, -0.1) is 0 Å². The highest BCUT2D eigenvalue weighted by Gasteiger charge is 2.18. The molecule has 2 N–H and O–H groups in total. The molecule has 0 saturated heterocycles. The summed E-state index contributed by atoms with van der Waals surface area (Å²) in [4.78, 5) is 0. The molecule has 84 valence electrons. The molecular formula is C9H19NO3S. The van der Waals surface area contributed by atoms with Crippen LogP contribution < -0.4 is 5.32 Å². The first-order valence-corrected chi connectivity index (χ1v) is 6.29. The van der Waals surface area contributed by atoms with Crippen LogP contribution in [0.1, 0.15) is 45.4 Å². The summed E-state index contributed by atoms with van der Waals surface area (Å²) in [6.45, 7) is 1.94. The molecule has 1 aliphatic carbocycles. The standard InChI is InChI=1S/C9H19NO3S/c1-2-9(13-14(11)12)10-8-6-4-3-5-7-8/h8-10H,2-7H2,1H3,(H,11,12). The molecule has 1 fully saturated rings. The molecule has 0 heterocycles. The first-order chi connectivity index (χ1) is 6.72. The summed E-state index contributed by atoms with van der Waals surface area (Å²) in [7, 11) is 0. The molecule has 1 rings (SSSR count). The molecule has 2 atom stereocenters. The van der Waals surface area contributed by atoms with Gasteiger partial charge in [-0.25, -0.2) is 4.18 Å². The van der Waals surface area contributed by atoms with E-state index in [2.05, 4.69) is 5.32 Å². The van der Waals surface area contributed by atoms with Gasteiger partial charge in [-0.3, -0.25) is 9.87 Å². The van der Waals surface area contributed by atoms with Gasteiger partial charge in [0.25, 0.3) is 0 Å². The van der Waals surface area contributed by atoms with Gasteiger partial charge in [0.15, 0.2) is 0 Å². The van der Waals surface area contributed by atoms with E-state index < -0.39 is 11.4 Å². The van der Waals surface area contributed by atoms with Gasteiger partial charge >= 0.3 is 11.4 Å². The largest absolute Gasteiger partial charge is 0.303 e. The van der Waals surface area contributed by atoms with E-state index in [4.69, 9.17) is 8.74 Å². The zero-order chi connectivity index (χ0) is 10.4. The molecule has 0 radical (unpaired) electrons. The number of nitrogens with one attached hydrogen (secondary N) is 1. The Balaban J connectivity index is 2.27. The van der Waals surface area contributed by atoms with Crippen LogP contribution in [-0.2, 0) is 15.5 Å². The summed E-state index contributed by atoms with van der Waals surface area (Å²) < 4.78 is 23.9. The predicted molar refractivity (Wildman–Crippen MR) is 55.9 cm³/mol. The van der Waals surface area contributed by atoms with Crippen LogP contribution in [-0.4, -0.2) is 21.0 Å². The lowest BCUT2D eigenvalue weighted by atomic mass is 9.95. The third-order valence-corrected chi connectivity index (χ3v) is 2.99. The van der Waals surface area contributed by atoms with Gasteiger partial charge in [0.05, 0.1) is 0 Å². The first-order valence-electron chi connectivity index (χ1n) is 5.26. The van der Waals surface area contributed by atoms with Gasteiger partial charge < -0.3 is 0 Å². The molecular weight excluding hydrogens is 202 g/mol. The van der Waals surface area contributed by atoms with Crippen molar-refractivity contribution in [3.8, 4) is 0 Å². The third-order valence-electron chi connectivity index (χ3n) is 2.60. The van der Waals surface area contributed by atoms with E-state index in [1.807, 2.05) is 6.92 Å². The molecule has 0 bridgehead atoms. The Morgan fingerprint density at radius 1 is 1.50 bits per heavy atom. The van der Waals surface area contributed by atoms with Crippen molar-refractivity contribution in [2.45, 2.75) is 57.7 Å². The molecule has 4 nitrogen and oxygen atoms in total. The van der Waals surface area contributed by atoms with E-state index in [9.17, 15) is 4.21 Å². The smallest absolute Gasteiger partial charge is 0.288 e. The van der Waals surface area contributed by atoms with Crippen LogP contribution in [0.15, 0.2) is 0 Å². The fraction of sp³-hybridized carbons (Fsp3) is 1.00. The highest BCUT2D eigenvalue weighted by molar-refractivity contribution is 7.74. The average molecular weight is 221 g/mol. The Morgan fingerprint density at radius 2 is 2.14 bits per heavy atom. The Morgan fingerprint density at radius 3 is 2.64 bits per heavy atom. The molecule has 0 aromatic carbocycles. The maximum Gasteiger partial charge on any atom is 0.303 e. The highest BCUT2D eigenvalue weighted by atomic mass is 32.2. The summed E-state index contributed by atoms with van der Waals surface area (Å²) in [5.74, 6) is 0.